The number of imidazole rings is 1. The van der Waals surface area contributed by atoms with Crippen LogP contribution in [0.25, 0.3) is 16.9 Å². The van der Waals surface area contributed by atoms with Crippen LogP contribution in [0.4, 0.5) is 5.69 Å². The molecule has 4 rings (SSSR count). The maximum Gasteiger partial charge on any atom is 0.265 e. The average molecular weight is 472 g/mol. The predicted octanol–water partition coefficient (Wildman–Crippen LogP) is 4.88. The van der Waals surface area contributed by atoms with Gasteiger partial charge in [-0.05, 0) is 48.9 Å². The Morgan fingerprint density at radius 2 is 1.93 bits per heavy atom. The number of methoxy groups -OCH3 is 1. The molecule has 0 aliphatic heterocycles. The van der Waals surface area contributed by atoms with Gasteiger partial charge in [-0.15, -0.1) is 0 Å². The summed E-state index contributed by atoms with van der Waals surface area (Å²) in [6.07, 6.45) is 3.86. The van der Waals surface area contributed by atoms with Crippen LogP contribution in [-0.4, -0.2) is 24.9 Å². The highest BCUT2D eigenvalue weighted by Gasteiger charge is 2.20. The standard InChI is InChI=1S/C21H18BrN3O3S/c1-14-5-4-10-25-13-18(23-21(14)25)15-6-3-7-17(11-15)24-29(26,27)20-12-16(22)8-9-19(20)28-2/h3-13,24H,1-2H3. The van der Waals surface area contributed by atoms with Gasteiger partial charge in [0.25, 0.3) is 10.0 Å². The fourth-order valence-corrected chi connectivity index (χ4v) is 4.86. The average Bonchev–Trinajstić information content (AvgIpc) is 3.14. The second kappa shape index (κ2) is 7.53. The summed E-state index contributed by atoms with van der Waals surface area (Å²) in [6, 6.07) is 16.0. The normalized spacial score (nSPS) is 11.6. The van der Waals surface area contributed by atoms with Gasteiger partial charge in [0, 0.05) is 28.1 Å². The number of pyridine rings is 1. The van der Waals surface area contributed by atoms with Crippen LogP contribution in [0.5, 0.6) is 5.75 Å². The highest BCUT2D eigenvalue weighted by Crippen LogP contribution is 2.30. The number of nitrogens with one attached hydrogen (secondary N) is 1. The Kier molecular flexibility index (Phi) is 5.06. The third-order valence-electron chi connectivity index (χ3n) is 4.50. The maximum atomic E-state index is 12.9. The highest BCUT2D eigenvalue weighted by atomic mass is 79.9. The first kappa shape index (κ1) is 19.5. The van der Waals surface area contributed by atoms with Gasteiger partial charge in [-0.2, -0.15) is 0 Å². The van der Waals surface area contributed by atoms with Crippen LogP contribution in [-0.2, 0) is 10.0 Å². The molecule has 148 valence electrons. The third-order valence-corrected chi connectivity index (χ3v) is 6.40. The molecule has 2 aromatic carbocycles. The molecular weight excluding hydrogens is 454 g/mol. The summed E-state index contributed by atoms with van der Waals surface area (Å²) in [5, 5.41) is 0. The van der Waals surface area contributed by atoms with Crippen molar-refractivity contribution in [3.05, 3.63) is 77.0 Å². The highest BCUT2D eigenvalue weighted by molar-refractivity contribution is 9.10. The lowest BCUT2D eigenvalue weighted by Gasteiger charge is -2.12. The number of halogens is 1. The Bertz CT molecular complexity index is 1320. The number of sulfonamides is 1. The van der Waals surface area contributed by atoms with Crippen LogP contribution in [0.1, 0.15) is 5.56 Å². The van der Waals surface area contributed by atoms with Crippen molar-refractivity contribution >= 4 is 37.3 Å². The van der Waals surface area contributed by atoms with E-state index >= 15 is 0 Å². The van der Waals surface area contributed by atoms with Crippen molar-refractivity contribution in [2.24, 2.45) is 0 Å². The fraction of sp³-hybridized carbons (Fsp3) is 0.0952. The molecule has 2 aromatic heterocycles. The van der Waals surface area contributed by atoms with E-state index in [0.29, 0.717) is 10.2 Å². The summed E-state index contributed by atoms with van der Waals surface area (Å²) in [5.41, 5.74) is 3.96. The van der Waals surface area contributed by atoms with Crippen molar-refractivity contribution in [2.75, 3.05) is 11.8 Å². The Hall–Kier alpha value is -2.84. The van der Waals surface area contributed by atoms with Crippen LogP contribution >= 0.6 is 15.9 Å². The van der Waals surface area contributed by atoms with Crippen LogP contribution in [0.3, 0.4) is 0 Å². The van der Waals surface area contributed by atoms with Gasteiger partial charge >= 0.3 is 0 Å². The number of aryl methyl sites for hydroxylation is 1. The minimum Gasteiger partial charge on any atom is -0.495 e. The molecule has 0 saturated heterocycles. The number of rotatable bonds is 5. The van der Waals surface area contributed by atoms with Crippen molar-refractivity contribution in [2.45, 2.75) is 11.8 Å². The molecule has 0 aliphatic carbocycles. The van der Waals surface area contributed by atoms with E-state index in [9.17, 15) is 8.42 Å². The lowest BCUT2D eigenvalue weighted by atomic mass is 10.1. The molecule has 0 spiro atoms. The molecular formula is C21H18BrN3O3S. The number of anilines is 1. The first-order valence-corrected chi connectivity index (χ1v) is 11.1. The van der Waals surface area contributed by atoms with Crippen molar-refractivity contribution in [1.82, 2.24) is 9.38 Å². The zero-order valence-electron chi connectivity index (χ0n) is 15.8. The fourth-order valence-electron chi connectivity index (χ4n) is 3.11. The molecule has 6 nitrogen and oxygen atoms in total. The summed E-state index contributed by atoms with van der Waals surface area (Å²) < 4.78 is 36.3. The predicted molar refractivity (Wildman–Crippen MR) is 117 cm³/mol. The van der Waals surface area contributed by atoms with Gasteiger partial charge in [-0.25, -0.2) is 13.4 Å². The lowest BCUT2D eigenvalue weighted by molar-refractivity contribution is 0.403. The summed E-state index contributed by atoms with van der Waals surface area (Å²) in [7, 11) is -2.40. The van der Waals surface area contributed by atoms with Gasteiger partial charge in [0.1, 0.15) is 16.3 Å². The van der Waals surface area contributed by atoms with Crippen molar-refractivity contribution < 1.29 is 13.2 Å². The Morgan fingerprint density at radius 1 is 1.10 bits per heavy atom. The van der Waals surface area contributed by atoms with E-state index in [2.05, 4.69) is 25.6 Å². The molecule has 2 heterocycles. The summed E-state index contributed by atoms with van der Waals surface area (Å²) in [6.45, 7) is 2.00. The largest absolute Gasteiger partial charge is 0.495 e. The third kappa shape index (κ3) is 3.86. The Morgan fingerprint density at radius 3 is 2.69 bits per heavy atom. The minimum absolute atomic E-state index is 0.0585. The molecule has 0 fully saturated rings. The molecule has 0 aliphatic rings. The SMILES string of the molecule is COc1ccc(Br)cc1S(=O)(=O)Nc1cccc(-c2cn3cccc(C)c3n2)c1. The van der Waals surface area contributed by atoms with E-state index in [-0.39, 0.29) is 10.6 Å². The second-order valence-corrected chi connectivity index (χ2v) is 9.10. The number of fused-ring (bicyclic) bond motifs is 1. The van der Waals surface area contributed by atoms with Crippen molar-refractivity contribution in [3.8, 4) is 17.0 Å². The van der Waals surface area contributed by atoms with Gasteiger partial charge in [0.05, 0.1) is 12.8 Å². The van der Waals surface area contributed by atoms with E-state index < -0.39 is 10.0 Å². The monoisotopic (exact) mass is 471 g/mol. The van der Waals surface area contributed by atoms with Gasteiger partial charge in [-0.3, -0.25) is 4.72 Å². The topological polar surface area (TPSA) is 72.7 Å². The van der Waals surface area contributed by atoms with Gasteiger partial charge in [0.2, 0.25) is 0 Å². The zero-order valence-corrected chi connectivity index (χ0v) is 18.2. The summed E-state index contributed by atoms with van der Waals surface area (Å²) in [5.74, 6) is 0.271. The number of hydrogen-bond donors (Lipinski definition) is 1. The molecule has 1 N–H and O–H groups in total. The van der Waals surface area contributed by atoms with Crippen molar-refractivity contribution in [1.29, 1.82) is 0 Å². The second-order valence-electron chi connectivity index (χ2n) is 6.53. The smallest absolute Gasteiger partial charge is 0.265 e. The van der Waals surface area contributed by atoms with E-state index in [1.165, 1.54) is 13.2 Å². The van der Waals surface area contributed by atoms with E-state index in [1.807, 2.05) is 41.9 Å². The molecule has 0 amide bonds. The quantitative estimate of drug-likeness (QED) is 0.450. The molecule has 0 bridgehead atoms. The van der Waals surface area contributed by atoms with Gasteiger partial charge < -0.3 is 9.14 Å². The van der Waals surface area contributed by atoms with Crippen LogP contribution in [0.2, 0.25) is 0 Å². The Balaban J connectivity index is 1.70. The van der Waals surface area contributed by atoms with Crippen molar-refractivity contribution in [3.63, 3.8) is 0 Å². The van der Waals surface area contributed by atoms with Gasteiger partial charge in [-0.1, -0.05) is 34.1 Å². The first-order chi connectivity index (χ1) is 13.9. The molecule has 4 aromatic rings. The maximum absolute atomic E-state index is 12.9. The zero-order chi connectivity index (χ0) is 20.6. The molecule has 0 radical (unpaired) electrons. The molecule has 29 heavy (non-hydrogen) atoms. The van der Waals surface area contributed by atoms with Crippen LogP contribution in [0, 0.1) is 6.92 Å². The number of hydrogen-bond acceptors (Lipinski definition) is 4. The molecule has 0 unspecified atom stereocenters. The van der Waals surface area contributed by atoms with E-state index in [0.717, 1.165) is 22.5 Å². The number of ether oxygens (including phenoxy) is 1. The molecule has 0 atom stereocenters. The number of benzene rings is 2. The molecule has 8 heteroatoms. The van der Waals surface area contributed by atoms with Crippen LogP contribution in [0.15, 0.2) is 76.4 Å². The Labute approximate surface area is 177 Å². The summed E-state index contributed by atoms with van der Waals surface area (Å²) >= 11 is 3.31. The summed E-state index contributed by atoms with van der Waals surface area (Å²) in [4.78, 5) is 4.74. The minimum atomic E-state index is -3.84. The molecule has 0 saturated carbocycles. The van der Waals surface area contributed by atoms with E-state index in [4.69, 9.17) is 4.74 Å². The first-order valence-electron chi connectivity index (χ1n) is 8.78. The van der Waals surface area contributed by atoms with Gasteiger partial charge in [0.15, 0.2) is 0 Å². The van der Waals surface area contributed by atoms with Crippen LogP contribution < -0.4 is 9.46 Å². The number of aromatic nitrogens is 2. The van der Waals surface area contributed by atoms with E-state index in [1.54, 1.807) is 30.3 Å². The lowest BCUT2D eigenvalue weighted by Crippen LogP contribution is -2.14. The number of nitrogens with zero attached hydrogens (tertiary/aromatic N) is 2.